The second-order valence-electron chi connectivity index (χ2n) is 14.4. The number of benzene rings is 2. The number of rotatable bonds is 20. The average Bonchev–Trinajstić information content (AvgIpc) is 3.64. The van der Waals surface area contributed by atoms with Gasteiger partial charge in [-0.25, -0.2) is 0 Å². The summed E-state index contributed by atoms with van der Waals surface area (Å²) in [6.45, 7) is 6.69. The lowest BCUT2D eigenvalue weighted by Crippen LogP contribution is -2.64. The molecule has 46 heavy (non-hydrogen) atoms. The Labute approximate surface area is 276 Å². The number of aliphatic hydroxyl groups excluding tert-OH is 1. The molecule has 6 rings (SSSR count). The van der Waals surface area contributed by atoms with Gasteiger partial charge in [-0.3, -0.25) is 4.79 Å². The SMILES string of the molecule is O=CNc1cc([C@@H](O)CNCCCCCCCCC[N+]23CCC(CC2)[C@@H](OCC(O)(c2ccccc2)C2CCCC2)C3)ccc1O. The Morgan fingerprint density at radius 2 is 1.63 bits per heavy atom. The van der Waals surface area contributed by atoms with Gasteiger partial charge in [0.15, 0.2) is 0 Å². The third kappa shape index (κ3) is 9.10. The molecule has 2 aromatic rings. The number of nitrogens with zero attached hydrogens (tertiary/aromatic N) is 1. The number of phenols is 1. The van der Waals surface area contributed by atoms with Crippen LogP contribution in [0.15, 0.2) is 48.5 Å². The standard InChI is InChI=1S/C38H57N3O5/c42-29-40-34-25-31(17-18-35(34)43)36(44)26-39-21-11-4-2-1-3-5-12-22-41-23-19-30(20-24-41)37(27-41)46-28-38(45,33-15-9-10-16-33)32-13-7-6-8-14-32/h6-8,13-14,17-18,25,29-30,33,36-37,39,44-45H,1-5,9-12,15-16,19-24,26-28H2,(H-,40,42,43)/p+1/t30?,36-,37-,38?,41?/m0/s1. The quantitative estimate of drug-likeness (QED) is 0.0527. The maximum atomic E-state index is 12.0. The third-order valence-corrected chi connectivity index (χ3v) is 11.3. The molecular weight excluding hydrogens is 578 g/mol. The number of piperidine rings is 3. The molecule has 2 aromatic carbocycles. The summed E-state index contributed by atoms with van der Waals surface area (Å²) in [5.74, 6) is 0.924. The van der Waals surface area contributed by atoms with E-state index in [0.717, 1.165) is 37.9 Å². The molecule has 8 nitrogen and oxygen atoms in total. The fourth-order valence-corrected chi connectivity index (χ4v) is 8.40. The van der Waals surface area contributed by atoms with Crippen molar-refractivity contribution in [2.45, 2.75) is 101 Å². The van der Waals surface area contributed by atoms with Crippen molar-refractivity contribution in [1.82, 2.24) is 5.32 Å². The zero-order valence-electron chi connectivity index (χ0n) is 27.8. The number of amides is 1. The number of ether oxygens (including phenoxy) is 1. The van der Waals surface area contributed by atoms with Gasteiger partial charge in [0.05, 0.1) is 38.0 Å². The summed E-state index contributed by atoms with van der Waals surface area (Å²) in [4.78, 5) is 10.7. The number of fused-ring (bicyclic) bond motifs is 3. The van der Waals surface area contributed by atoms with Crippen LogP contribution in [0.4, 0.5) is 5.69 Å². The Balaban J connectivity index is 0.945. The van der Waals surface area contributed by atoms with Gasteiger partial charge in [-0.1, -0.05) is 74.9 Å². The number of aliphatic hydroxyl groups is 2. The lowest BCUT2D eigenvalue weighted by Gasteiger charge is -2.53. The summed E-state index contributed by atoms with van der Waals surface area (Å²) in [6.07, 6.45) is 15.9. The van der Waals surface area contributed by atoms with Crippen LogP contribution in [0.25, 0.3) is 0 Å². The average molecular weight is 637 g/mol. The van der Waals surface area contributed by atoms with E-state index in [0.29, 0.717) is 42.6 Å². The van der Waals surface area contributed by atoms with E-state index in [-0.39, 0.29) is 11.9 Å². The van der Waals surface area contributed by atoms with Gasteiger partial charge in [-0.15, -0.1) is 0 Å². The Morgan fingerprint density at radius 1 is 0.935 bits per heavy atom. The van der Waals surface area contributed by atoms with E-state index in [4.69, 9.17) is 4.74 Å². The predicted octanol–water partition coefficient (Wildman–Crippen LogP) is 6.02. The molecule has 2 bridgehead atoms. The van der Waals surface area contributed by atoms with E-state index in [1.165, 1.54) is 94.4 Å². The van der Waals surface area contributed by atoms with Crippen LogP contribution in [0.2, 0.25) is 0 Å². The molecule has 0 aromatic heterocycles. The molecule has 254 valence electrons. The van der Waals surface area contributed by atoms with Crippen molar-refractivity contribution >= 4 is 12.1 Å². The largest absolute Gasteiger partial charge is 0.506 e. The van der Waals surface area contributed by atoms with Crippen molar-refractivity contribution in [3.05, 3.63) is 59.7 Å². The van der Waals surface area contributed by atoms with Gasteiger partial charge in [0, 0.05) is 25.3 Å². The first-order chi connectivity index (χ1) is 22.4. The van der Waals surface area contributed by atoms with Crippen molar-refractivity contribution in [3.63, 3.8) is 0 Å². The minimum absolute atomic E-state index is 0.0159. The second-order valence-corrected chi connectivity index (χ2v) is 14.4. The molecule has 4 fully saturated rings. The maximum absolute atomic E-state index is 12.0. The molecule has 5 N–H and O–H groups in total. The van der Waals surface area contributed by atoms with E-state index in [1.807, 2.05) is 18.2 Å². The van der Waals surface area contributed by atoms with Crippen LogP contribution >= 0.6 is 0 Å². The highest BCUT2D eigenvalue weighted by Crippen LogP contribution is 2.42. The van der Waals surface area contributed by atoms with E-state index in [9.17, 15) is 20.1 Å². The summed E-state index contributed by atoms with van der Waals surface area (Å²) in [7, 11) is 0. The molecule has 1 amide bonds. The number of hydrogen-bond acceptors (Lipinski definition) is 6. The highest BCUT2D eigenvalue weighted by molar-refractivity contribution is 5.75. The first-order valence-electron chi connectivity index (χ1n) is 18.1. The molecule has 3 heterocycles. The summed E-state index contributed by atoms with van der Waals surface area (Å²) >= 11 is 0. The minimum atomic E-state index is -0.875. The summed E-state index contributed by atoms with van der Waals surface area (Å²) in [5, 5.41) is 38.0. The normalized spacial score (nSPS) is 24.9. The number of phenolic OH excluding ortho intramolecular Hbond substituents is 1. The maximum Gasteiger partial charge on any atom is 0.211 e. The van der Waals surface area contributed by atoms with Crippen molar-refractivity contribution in [2.24, 2.45) is 11.8 Å². The molecule has 0 radical (unpaired) electrons. The van der Waals surface area contributed by atoms with Crippen LogP contribution in [-0.2, 0) is 15.1 Å². The van der Waals surface area contributed by atoms with Gasteiger partial charge in [-0.05, 0) is 67.8 Å². The Hall–Kier alpha value is -2.49. The van der Waals surface area contributed by atoms with Crippen molar-refractivity contribution in [3.8, 4) is 5.75 Å². The van der Waals surface area contributed by atoms with Crippen LogP contribution in [0, 0.1) is 11.8 Å². The Kier molecular flexibility index (Phi) is 12.9. The van der Waals surface area contributed by atoms with Crippen molar-refractivity contribution in [1.29, 1.82) is 0 Å². The summed E-state index contributed by atoms with van der Waals surface area (Å²) < 4.78 is 7.93. The summed E-state index contributed by atoms with van der Waals surface area (Å²) in [6, 6.07) is 15.0. The van der Waals surface area contributed by atoms with Crippen molar-refractivity contribution in [2.75, 3.05) is 51.2 Å². The van der Waals surface area contributed by atoms with Gasteiger partial charge in [-0.2, -0.15) is 0 Å². The van der Waals surface area contributed by atoms with Gasteiger partial charge in [0.25, 0.3) is 0 Å². The van der Waals surface area contributed by atoms with Crippen LogP contribution in [0.5, 0.6) is 5.75 Å². The fraction of sp³-hybridized carbons (Fsp3) is 0.658. The Morgan fingerprint density at radius 3 is 2.35 bits per heavy atom. The zero-order valence-corrected chi connectivity index (χ0v) is 27.8. The fourth-order valence-electron chi connectivity index (χ4n) is 8.40. The van der Waals surface area contributed by atoms with E-state index >= 15 is 0 Å². The minimum Gasteiger partial charge on any atom is -0.506 e. The monoisotopic (exact) mass is 636 g/mol. The predicted molar refractivity (Wildman–Crippen MR) is 182 cm³/mol. The molecule has 3 atom stereocenters. The molecule has 1 unspecified atom stereocenters. The van der Waals surface area contributed by atoms with Gasteiger partial charge in [0.2, 0.25) is 6.41 Å². The first-order valence-corrected chi connectivity index (χ1v) is 18.1. The number of nitrogens with one attached hydrogen (secondary N) is 2. The number of quaternary nitrogens is 1. The highest BCUT2D eigenvalue weighted by Gasteiger charge is 2.48. The summed E-state index contributed by atoms with van der Waals surface area (Å²) in [5.41, 5.74) is 1.11. The number of carbonyl (C=O) groups excluding carboxylic acids is 1. The number of aromatic hydroxyl groups is 1. The number of hydrogen-bond donors (Lipinski definition) is 5. The number of unbranched alkanes of at least 4 members (excludes halogenated alkanes) is 6. The smallest absolute Gasteiger partial charge is 0.211 e. The second kappa shape index (κ2) is 17.1. The van der Waals surface area contributed by atoms with E-state index in [1.54, 1.807) is 12.1 Å². The van der Waals surface area contributed by atoms with Crippen LogP contribution < -0.4 is 10.6 Å². The topological polar surface area (TPSA) is 111 Å². The van der Waals surface area contributed by atoms with Gasteiger partial charge in [0.1, 0.15) is 24.0 Å². The van der Waals surface area contributed by atoms with E-state index in [2.05, 4.69) is 22.8 Å². The highest BCUT2D eigenvalue weighted by atomic mass is 16.5. The molecule has 1 saturated carbocycles. The molecule has 4 aliphatic rings. The molecular formula is C38H58N3O5+. The van der Waals surface area contributed by atoms with Gasteiger partial charge >= 0.3 is 0 Å². The third-order valence-electron chi connectivity index (χ3n) is 11.3. The van der Waals surface area contributed by atoms with Crippen LogP contribution in [0.3, 0.4) is 0 Å². The molecule has 3 saturated heterocycles. The molecule has 0 spiro atoms. The molecule has 8 heteroatoms. The molecule has 1 aliphatic carbocycles. The molecule has 3 aliphatic heterocycles. The lowest BCUT2D eigenvalue weighted by atomic mass is 9.80. The number of anilines is 1. The van der Waals surface area contributed by atoms with Crippen LogP contribution in [0.1, 0.15) is 101 Å². The first kappa shape index (κ1) is 34.8. The van der Waals surface area contributed by atoms with Crippen molar-refractivity contribution < 1.29 is 29.3 Å². The Bertz CT molecular complexity index is 1200. The van der Waals surface area contributed by atoms with Gasteiger partial charge < -0.3 is 35.2 Å². The zero-order chi connectivity index (χ0) is 32.2. The van der Waals surface area contributed by atoms with Crippen LogP contribution in [-0.4, -0.2) is 78.2 Å². The number of carbonyl (C=O) groups is 1. The van der Waals surface area contributed by atoms with E-state index < -0.39 is 11.7 Å². The lowest BCUT2D eigenvalue weighted by molar-refractivity contribution is -0.946.